The Morgan fingerprint density at radius 3 is 2.45 bits per heavy atom. The molecule has 2 aliphatic rings. The number of nitrogens with zero attached hydrogens (tertiary/aromatic N) is 2. The number of aliphatic hydroxyl groups excluding tert-OH is 1. The summed E-state index contributed by atoms with van der Waals surface area (Å²) in [5, 5.41) is 10.3. The fourth-order valence-electron chi connectivity index (χ4n) is 4.29. The molecule has 3 heteroatoms. The first kappa shape index (κ1) is 16.3. The van der Waals surface area contributed by atoms with E-state index in [1.165, 1.54) is 25.9 Å². The van der Waals surface area contributed by atoms with Gasteiger partial charge in [-0.2, -0.15) is 0 Å². The number of hydrogen-bond donors (Lipinski definition) is 1. The van der Waals surface area contributed by atoms with Gasteiger partial charge in [0.15, 0.2) is 0 Å². The van der Waals surface area contributed by atoms with E-state index in [0.717, 1.165) is 30.7 Å². The van der Waals surface area contributed by atoms with Crippen molar-refractivity contribution >= 4 is 0 Å². The first-order valence-corrected chi connectivity index (χ1v) is 8.45. The summed E-state index contributed by atoms with van der Waals surface area (Å²) < 4.78 is 0. The van der Waals surface area contributed by atoms with Crippen LogP contribution in [-0.4, -0.2) is 60.8 Å². The molecule has 1 saturated heterocycles. The van der Waals surface area contributed by atoms with Crippen molar-refractivity contribution in [3.05, 3.63) is 0 Å². The minimum atomic E-state index is -0.0706. The Hall–Kier alpha value is -0.120. The Kier molecular flexibility index (Phi) is 5.49. The van der Waals surface area contributed by atoms with Gasteiger partial charge < -0.3 is 14.9 Å². The largest absolute Gasteiger partial charge is 0.393 e. The first-order valence-electron chi connectivity index (χ1n) is 8.45. The van der Waals surface area contributed by atoms with Crippen molar-refractivity contribution in [3.8, 4) is 0 Å². The lowest BCUT2D eigenvalue weighted by atomic mass is 9.74. The van der Waals surface area contributed by atoms with E-state index in [1.807, 2.05) is 0 Å². The summed E-state index contributed by atoms with van der Waals surface area (Å²) in [5.41, 5.74) is 0. The number of hydrogen-bond acceptors (Lipinski definition) is 3. The minimum Gasteiger partial charge on any atom is -0.393 e. The highest BCUT2D eigenvalue weighted by atomic mass is 16.3. The van der Waals surface area contributed by atoms with Gasteiger partial charge in [0, 0.05) is 25.7 Å². The van der Waals surface area contributed by atoms with Gasteiger partial charge >= 0.3 is 0 Å². The summed E-state index contributed by atoms with van der Waals surface area (Å²) in [6.07, 6.45) is 3.37. The fourth-order valence-corrected chi connectivity index (χ4v) is 4.29. The lowest BCUT2D eigenvalue weighted by molar-refractivity contribution is 0.0211. The molecule has 5 atom stereocenters. The second-order valence-electron chi connectivity index (χ2n) is 7.87. The van der Waals surface area contributed by atoms with Crippen molar-refractivity contribution in [3.63, 3.8) is 0 Å². The molecule has 118 valence electrons. The van der Waals surface area contributed by atoms with Crippen molar-refractivity contribution in [1.82, 2.24) is 9.80 Å². The maximum absolute atomic E-state index is 10.3. The van der Waals surface area contributed by atoms with Crippen molar-refractivity contribution in [1.29, 1.82) is 0 Å². The van der Waals surface area contributed by atoms with Crippen molar-refractivity contribution < 1.29 is 5.11 Å². The molecule has 1 heterocycles. The normalized spacial score (nSPS) is 39.9. The van der Waals surface area contributed by atoms with Gasteiger partial charge in [-0.1, -0.05) is 20.8 Å². The molecule has 0 radical (unpaired) electrons. The SMILES string of the molecule is CC(C)C1CCC(O)C(CN2CC(C)C(N(C)C)C2)C1. The molecule has 0 amide bonds. The summed E-state index contributed by atoms with van der Waals surface area (Å²) in [4.78, 5) is 4.95. The van der Waals surface area contributed by atoms with Crippen LogP contribution in [-0.2, 0) is 0 Å². The number of likely N-dealkylation sites (tertiary alicyclic amines) is 1. The average molecular weight is 282 g/mol. The van der Waals surface area contributed by atoms with E-state index < -0.39 is 0 Å². The van der Waals surface area contributed by atoms with E-state index in [0.29, 0.717) is 12.0 Å². The molecule has 1 aliphatic heterocycles. The number of likely N-dealkylation sites (N-methyl/N-ethyl adjacent to an activating group) is 1. The third-order valence-electron chi connectivity index (χ3n) is 5.73. The van der Waals surface area contributed by atoms with Gasteiger partial charge in [-0.25, -0.2) is 0 Å². The minimum absolute atomic E-state index is 0.0706. The second kappa shape index (κ2) is 6.76. The van der Waals surface area contributed by atoms with Crippen molar-refractivity contribution in [2.45, 2.75) is 52.2 Å². The predicted molar refractivity (Wildman–Crippen MR) is 84.8 cm³/mol. The van der Waals surface area contributed by atoms with Gasteiger partial charge in [0.1, 0.15) is 0 Å². The summed E-state index contributed by atoms with van der Waals surface area (Å²) >= 11 is 0. The molecule has 2 fully saturated rings. The molecule has 20 heavy (non-hydrogen) atoms. The zero-order valence-corrected chi connectivity index (χ0v) is 14.0. The topological polar surface area (TPSA) is 26.7 Å². The van der Waals surface area contributed by atoms with E-state index in [4.69, 9.17) is 0 Å². The maximum Gasteiger partial charge on any atom is 0.0580 e. The highest BCUT2D eigenvalue weighted by molar-refractivity contribution is 4.90. The molecule has 0 spiro atoms. The Labute approximate surface area is 125 Å². The lowest BCUT2D eigenvalue weighted by Gasteiger charge is -2.37. The smallest absolute Gasteiger partial charge is 0.0580 e. The van der Waals surface area contributed by atoms with E-state index in [9.17, 15) is 5.11 Å². The Balaban J connectivity index is 1.89. The lowest BCUT2D eigenvalue weighted by Crippen LogP contribution is -2.40. The van der Waals surface area contributed by atoms with Gasteiger partial charge in [0.25, 0.3) is 0 Å². The monoisotopic (exact) mass is 282 g/mol. The maximum atomic E-state index is 10.3. The van der Waals surface area contributed by atoms with Crippen LogP contribution in [0.5, 0.6) is 0 Å². The van der Waals surface area contributed by atoms with Crippen LogP contribution in [0.15, 0.2) is 0 Å². The summed E-state index contributed by atoms with van der Waals surface area (Å²) in [6, 6.07) is 0.677. The van der Waals surface area contributed by atoms with Gasteiger partial charge in [-0.05, 0) is 57.0 Å². The molecule has 1 saturated carbocycles. The molecule has 1 N–H and O–H groups in total. The molecule has 0 aromatic rings. The Morgan fingerprint density at radius 1 is 1.20 bits per heavy atom. The van der Waals surface area contributed by atoms with E-state index >= 15 is 0 Å². The van der Waals surface area contributed by atoms with Crippen LogP contribution in [0.25, 0.3) is 0 Å². The number of rotatable bonds is 4. The van der Waals surface area contributed by atoms with Gasteiger partial charge in [-0.3, -0.25) is 0 Å². The summed E-state index contributed by atoms with van der Waals surface area (Å²) in [7, 11) is 4.38. The van der Waals surface area contributed by atoms with Crippen LogP contribution in [0, 0.1) is 23.7 Å². The van der Waals surface area contributed by atoms with Crippen LogP contribution >= 0.6 is 0 Å². The Morgan fingerprint density at radius 2 is 1.90 bits per heavy atom. The number of aliphatic hydroxyl groups is 1. The van der Waals surface area contributed by atoms with Gasteiger partial charge in [-0.15, -0.1) is 0 Å². The average Bonchev–Trinajstić information content (AvgIpc) is 2.73. The van der Waals surface area contributed by atoms with Gasteiger partial charge in [0.2, 0.25) is 0 Å². The molecule has 2 rings (SSSR count). The molecule has 0 bridgehead atoms. The molecular weight excluding hydrogens is 248 g/mol. The molecule has 0 aromatic carbocycles. The highest BCUT2D eigenvalue weighted by Gasteiger charge is 2.36. The fraction of sp³-hybridized carbons (Fsp3) is 1.00. The van der Waals surface area contributed by atoms with Crippen molar-refractivity contribution in [2.75, 3.05) is 33.7 Å². The molecule has 3 nitrogen and oxygen atoms in total. The summed E-state index contributed by atoms with van der Waals surface area (Å²) in [6.45, 7) is 10.5. The van der Waals surface area contributed by atoms with E-state index in [2.05, 4.69) is 44.7 Å². The van der Waals surface area contributed by atoms with E-state index in [-0.39, 0.29) is 6.10 Å². The zero-order valence-electron chi connectivity index (χ0n) is 14.0. The molecule has 1 aliphatic carbocycles. The zero-order chi connectivity index (χ0) is 14.9. The Bertz CT molecular complexity index is 305. The van der Waals surface area contributed by atoms with Crippen LogP contribution in [0.3, 0.4) is 0 Å². The van der Waals surface area contributed by atoms with Crippen LogP contribution < -0.4 is 0 Å². The summed E-state index contributed by atoms with van der Waals surface area (Å²) in [5.74, 6) is 2.81. The molecular formula is C17H34N2O. The van der Waals surface area contributed by atoms with E-state index in [1.54, 1.807) is 0 Å². The standard InChI is InChI=1S/C17H34N2O/c1-12(2)14-6-7-17(20)15(8-14)10-19-9-13(3)16(11-19)18(4)5/h12-17,20H,6-11H2,1-5H3. The molecule has 0 aromatic heterocycles. The van der Waals surface area contributed by atoms with Crippen molar-refractivity contribution in [2.24, 2.45) is 23.7 Å². The third kappa shape index (κ3) is 3.75. The third-order valence-corrected chi connectivity index (χ3v) is 5.73. The van der Waals surface area contributed by atoms with Crippen LogP contribution in [0.2, 0.25) is 0 Å². The van der Waals surface area contributed by atoms with Crippen LogP contribution in [0.1, 0.15) is 40.0 Å². The predicted octanol–water partition coefficient (Wildman–Crippen LogP) is 2.30. The van der Waals surface area contributed by atoms with Gasteiger partial charge in [0.05, 0.1) is 6.10 Å². The quantitative estimate of drug-likeness (QED) is 0.857. The first-order chi connectivity index (χ1) is 9.38. The van der Waals surface area contributed by atoms with Crippen LogP contribution in [0.4, 0.5) is 0 Å². The molecule has 5 unspecified atom stereocenters. The second-order valence-corrected chi connectivity index (χ2v) is 7.87. The highest BCUT2D eigenvalue weighted by Crippen LogP contribution is 2.35.